The maximum absolute atomic E-state index is 11.7. The molecule has 2 aliphatic carbocycles. The van der Waals surface area contributed by atoms with Gasteiger partial charge in [-0.2, -0.15) is 0 Å². The Morgan fingerprint density at radius 1 is 1.32 bits per heavy atom. The van der Waals surface area contributed by atoms with Crippen molar-refractivity contribution in [3.8, 4) is 0 Å². The third-order valence-corrected chi connectivity index (χ3v) is 6.31. The lowest BCUT2D eigenvalue weighted by molar-refractivity contribution is 0.0848. The summed E-state index contributed by atoms with van der Waals surface area (Å²) in [5.74, 6) is 0.163. The van der Waals surface area contributed by atoms with Crippen molar-refractivity contribution in [2.45, 2.75) is 69.1 Å². The van der Waals surface area contributed by atoms with Gasteiger partial charge in [0, 0.05) is 6.26 Å². The monoisotopic (exact) mass is 286 g/mol. The van der Waals surface area contributed by atoms with Gasteiger partial charge in [-0.3, -0.25) is 0 Å². The molecule has 110 valence electrons. The van der Waals surface area contributed by atoms with Gasteiger partial charge in [-0.25, -0.2) is 8.42 Å². The smallest absolute Gasteiger partial charge is 0.150 e. The first kappa shape index (κ1) is 15.0. The van der Waals surface area contributed by atoms with Crippen LogP contribution < -0.4 is 0 Å². The Kier molecular flexibility index (Phi) is 5.07. The van der Waals surface area contributed by atoms with E-state index in [4.69, 9.17) is 0 Å². The van der Waals surface area contributed by atoms with Crippen LogP contribution in [0, 0.1) is 5.92 Å². The van der Waals surface area contributed by atoms with Crippen LogP contribution in [0.25, 0.3) is 0 Å². The van der Waals surface area contributed by atoms with Gasteiger partial charge in [0.15, 0.2) is 0 Å². The second-order valence-corrected chi connectivity index (χ2v) is 8.58. The zero-order valence-electron chi connectivity index (χ0n) is 11.8. The molecule has 19 heavy (non-hydrogen) atoms. The average molecular weight is 286 g/mol. The Balaban J connectivity index is 1.91. The molecule has 4 heteroatoms. The average Bonchev–Trinajstić information content (AvgIpc) is 2.39. The molecule has 2 aliphatic rings. The van der Waals surface area contributed by atoms with Gasteiger partial charge in [-0.15, -0.1) is 0 Å². The summed E-state index contributed by atoms with van der Waals surface area (Å²) in [7, 11) is -2.95. The molecule has 2 rings (SSSR count). The van der Waals surface area contributed by atoms with Gasteiger partial charge < -0.3 is 5.11 Å². The number of aliphatic hydroxyl groups is 1. The van der Waals surface area contributed by atoms with E-state index in [9.17, 15) is 13.5 Å². The highest BCUT2D eigenvalue weighted by molar-refractivity contribution is 7.91. The van der Waals surface area contributed by atoms with E-state index < -0.39 is 9.84 Å². The van der Waals surface area contributed by atoms with Crippen LogP contribution in [-0.4, -0.2) is 31.1 Å². The van der Waals surface area contributed by atoms with Gasteiger partial charge in [0.2, 0.25) is 0 Å². The Hall–Kier alpha value is -0.350. The molecule has 3 atom stereocenters. The highest BCUT2D eigenvalue weighted by atomic mass is 32.2. The standard InChI is InChI=1S/C15H26O3S/c1-19(17,18)14-9-5-8-13(11-14)15(16)10-12-6-3-2-4-7-12/h6,13-16H,2-5,7-11H2,1H3. The van der Waals surface area contributed by atoms with Crippen LogP contribution in [0.4, 0.5) is 0 Å². The number of rotatable bonds is 4. The number of aliphatic hydroxyl groups excluding tert-OH is 1. The molecule has 3 nitrogen and oxygen atoms in total. The maximum atomic E-state index is 11.7. The Morgan fingerprint density at radius 3 is 2.74 bits per heavy atom. The lowest BCUT2D eigenvalue weighted by Gasteiger charge is -2.32. The minimum atomic E-state index is -2.95. The molecule has 0 aromatic carbocycles. The van der Waals surface area contributed by atoms with Gasteiger partial charge in [-0.1, -0.05) is 18.1 Å². The topological polar surface area (TPSA) is 54.4 Å². The predicted octanol–water partition coefficient (Wildman–Crippen LogP) is 2.84. The summed E-state index contributed by atoms with van der Waals surface area (Å²) < 4.78 is 23.3. The maximum Gasteiger partial charge on any atom is 0.150 e. The van der Waals surface area contributed by atoms with E-state index in [0.717, 1.165) is 38.5 Å². The second-order valence-electron chi connectivity index (χ2n) is 6.26. The highest BCUT2D eigenvalue weighted by Crippen LogP contribution is 2.33. The first-order valence-electron chi connectivity index (χ1n) is 7.51. The molecule has 1 N–H and O–H groups in total. The molecule has 0 aromatic rings. The van der Waals surface area contributed by atoms with Crippen LogP contribution in [0.15, 0.2) is 11.6 Å². The fourth-order valence-corrected chi connectivity index (χ4v) is 4.64. The molecule has 0 bridgehead atoms. The lowest BCUT2D eigenvalue weighted by atomic mass is 9.81. The minimum Gasteiger partial charge on any atom is -0.393 e. The van der Waals surface area contributed by atoms with Gasteiger partial charge in [0.25, 0.3) is 0 Å². The van der Waals surface area contributed by atoms with Crippen LogP contribution in [0.1, 0.15) is 57.8 Å². The van der Waals surface area contributed by atoms with Crippen LogP contribution in [-0.2, 0) is 9.84 Å². The van der Waals surface area contributed by atoms with E-state index in [0.29, 0.717) is 6.42 Å². The van der Waals surface area contributed by atoms with Crippen molar-refractivity contribution in [1.82, 2.24) is 0 Å². The zero-order chi connectivity index (χ0) is 13.9. The van der Waals surface area contributed by atoms with Gasteiger partial charge >= 0.3 is 0 Å². The summed E-state index contributed by atoms with van der Waals surface area (Å²) in [6, 6.07) is 0. The van der Waals surface area contributed by atoms with Crippen molar-refractivity contribution < 1.29 is 13.5 Å². The summed E-state index contributed by atoms with van der Waals surface area (Å²) in [6.45, 7) is 0. The Labute approximate surface area is 117 Å². The summed E-state index contributed by atoms with van der Waals surface area (Å²) in [5.41, 5.74) is 1.38. The zero-order valence-corrected chi connectivity index (χ0v) is 12.7. The van der Waals surface area contributed by atoms with E-state index in [1.54, 1.807) is 0 Å². The lowest BCUT2D eigenvalue weighted by Crippen LogP contribution is -2.33. The number of sulfone groups is 1. The third kappa shape index (κ3) is 4.32. The molecular formula is C15H26O3S. The minimum absolute atomic E-state index is 0.163. The fraction of sp³-hybridized carbons (Fsp3) is 0.867. The molecule has 0 heterocycles. The first-order chi connectivity index (χ1) is 8.97. The SMILES string of the molecule is CS(=O)(=O)C1CCCC(C(O)CC2=CCCCC2)C1. The van der Waals surface area contributed by atoms with Crippen LogP contribution in [0.2, 0.25) is 0 Å². The molecule has 1 fully saturated rings. The number of hydrogen-bond donors (Lipinski definition) is 1. The summed E-state index contributed by atoms with van der Waals surface area (Å²) >= 11 is 0. The Bertz CT molecular complexity index is 425. The molecule has 0 amide bonds. The van der Waals surface area contributed by atoms with Crippen molar-refractivity contribution in [2.75, 3.05) is 6.26 Å². The van der Waals surface area contributed by atoms with Crippen molar-refractivity contribution in [3.05, 3.63) is 11.6 Å². The second kappa shape index (κ2) is 6.40. The normalized spacial score (nSPS) is 30.7. The first-order valence-corrected chi connectivity index (χ1v) is 9.47. The molecule has 3 unspecified atom stereocenters. The quantitative estimate of drug-likeness (QED) is 0.809. The van der Waals surface area contributed by atoms with Crippen molar-refractivity contribution in [1.29, 1.82) is 0 Å². The molecule has 0 aromatic heterocycles. The molecule has 0 radical (unpaired) electrons. The third-order valence-electron chi connectivity index (χ3n) is 4.67. The highest BCUT2D eigenvalue weighted by Gasteiger charge is 2.32. The van der Waals surface area contributed by atoms with E-state index in [2.05, 4.69) is 6.08 Å². The van der Waals surface area contributed by atoms with Crippen LogP contribution in [0.3, 0.4) is 0 Å². The van der Waals surface area contributed by atoms with E-state index in [1.165, 1.54) is 24.7 Å². The fourth-order valence-electron chi connectivity index (χ4n) is 3.44. The van der Waals surface area contributed by atoms with Crippen molar-refractivity contribution in [2.24, 2.45) is 5.92 Å². The van der Waals surface area contributed by atoms with E-state index in [-0.39, 0.29) is 17.3 Å². The molecule has 0 aliphatic heterocycles. The Morgan fingerprint density at radius 2 is 2.11 bits per heavy atom. The van der Waals surface area contributed by atoms with E-state index in [1.807, 2.05) is 0 Å². The molecule has 1 saturated carbocycles. The van der Waals surface area contributed by atoms with Crippen LogP contribution in [0.5, 0.6) is 0 Å². The van der Waals surface area contributed by atoms with Gasteiger partial charge in [0.1, 0.15) is 9.84 Å². The summed E-state index contributed by atoms with van der Waals surface area (Å²) in [5, 5.41) is 10.1. The van der Waals surface area contributed by atoms with Gasteiger partial charge in [0.05, 0.1) is 11.4 Å². The largest absolute Gasteiger partial charge is 0.393 e. The predicted molar refractivity (Wildman–Crippen MR) is 77.8 cm³/mol. The van der Waals surface area contributed by atoms with Crippen molar-refractivity contribution >= 4 is 9.84 Å². The summed E-state index contributed by atoms with van der Waals surface area (Å²) in [4.78, 5) is 0. The molecule has 0 saturated heterocycles. The molecular weight excluding hydrogens is 260 g/mol. The van der Waals surface area contributed by atoms with E-state index >= 15 is 0 Å². The number of allylic oxidation sites excluding steroid dienone is 1. The van der Waals surface area contributed by atoms with Crippen LogP contribution >= 0.6 is 0 Å². The van der Waals surface area contributed by atoms with Gasteiger partial charge in [-0.05, 0) is 57.3 Å². The van der Waals surface area contributed by atoms with Crippen molar-refractivity contribution in [3.63, 3.8) is 0 Å². The number of hydrogen-bond acceptors (Lipinski definition) is 3. The molecule has 0 spiro atoms. The summed E-state index contributed by atoms with van der Waals surface area (Å²) in [6.07, 6.45) is 12.1.